The number of benzene rings is 2. The predicted molar refractivity (Wildman–Crippen MR) is 91.7 cm³/mol. The number of methoxy groups -OCH3 is 1. The summed E-state index contributed by atoms with van der Waals surface area (Å²) in [5, 5.41) is 3.22. The lowest BCUT2D eigenvalue weighted by molar-refractivity contribution is 0.141. The number of halogens is 1. The maximum Gasteiger partial charge on any atom is 0.407 e. The molecule has 0 spiro atoms. The molecule has 0 saturated heterocycles. The molecule has 0 saturated carbocycles. The van der Waals surface area contributed by atoms with Crippen molar-refractivity contribution in [3.63, 3.8) is 0 Å². The maximum absolute atomic E-state index is 11.6. The van der Waals surface area contributed by atoms with Crippen LogP contribution in [0.2, 0.25) is 5.02 Å². The van der Waals surface area contributed by atoms with Gasteiger partial charge in [0.25, 0.3) is 0 Å². The lowest BCUT2D eigenvalue weighted by Crippen LogP contribution is -2.24. The summed E-state index contributed by atoms with van der Waals surface area (Å²) in [5.41, 5.74) is 1.89. The molecule has 0 aromatic heterocycles. The average molecular weight is 332 g/mol. The minimum atomic E-state index is -0.452. The van der Waals surface area contributed by atoms with E-state index in [1.54, 1.807) is 13.2 Å². The van der Waals surface area contributed by atoms with Gasteiger partial charge in [0.15, 0.2) is 0 Å². The Bertz CT molecular complexity index is 671. The molecule has 0 aliphatic rings. The number of ether oxygens (including phenoxy) is 2. The number of amides is 1. The second-order valence-corrected chi connectivity index (χ2v) is 5.15. The molecule has 0 fully saturated rings. The normalized spacial score (nSPS) is 10.5. The van der Waals surface area contributed by atoms with E-state index in [0.29, 0.717) is 17.3 Å². The van der Waals surface area contributed by atoms with Gasteiger partial charge in [-0.25, -0.2) is 4.79 Å². The van der Waals surface area contributed by atoms with Crippen LogP contribution in [0, 0.1) is 0 Å². The molecule has 0 unspecified atom stereocenters. The Kier molecular flexibility index (Phi) is 6.51. The van der Waals surface area contributed by atoms with E-state index in [1.807, 2.05) is 54.6 Å². The van der Waals surface area contributed by atoms with Crippen molar-refractivity contribution in [2.75, 3.05) is 13.7 Å². The van der Waals surface area contributed by atoms with Crippen molar-refractivity contribution in [2.45, 2.75) is 6.61 Å². The third-order valence-corrected chi connectivity index (χ3v) is 3.37. The highest BCUT2D eigenvalue weighted by Crippen LogP contribution is 2.25. The van der Waals surface area contributed by atoms with E-state index in [4.69, 9.17) is 21.1 Å². The van der Waals surface area contributed by atoms with Crippen LogP contribution in [0.4, 0.5) is 4.79 Å². The summed E-state index contributed by atoms with van der Waals surface area (Å²) in [6, 6.07) is 15.0. The Morgan fingerprint density at radius 3 is 2.74 bits per heavy atom. The van der Waals surface area contributed by atoms with E-state index >= 15 is 0 Å². The first-order valence-electron chi connectivity index (χ1n) is 7.13. The number of carbonyl (C=O) groups is 1. The summed E-state index contributed by atoms with van der Waals surface area (Å²) in [4.78, 5) is 11.6. The Balaban J connectivity index is 1.74. The van der Waals surface area contributed by atoms with Crippen LogP contribution < -0.4 is 10.1 Å². The van der Waals surface area contributed by atoms with Crippen LogP contribution in [0.3, 0.4) is 0 Å². The molecule has 1 amide bonds. The quantitative estimate of drug-likeness (QED) is 0.859. The molecule has 120 valence electrons. The third kappa shape index (κ3) is 5.68. The van der Waals surface area contributed by atoms with Crippen molar-refractivity contribution in [3.8, 4) is 5.75 Å². The fourth-order valence-electron chi connectivity index (χ4n) is 1.89. The van der Waals surface area contributed by atoms with Gasteiger partial charge in [-0.2, -0.15) is 0 Å². The second-order valence-electron chi connectivity index (χ2n) is 4.74. The molecular weight excluding hydrogens is 314 g/mol. The van der Waals surface area contributed by atoms with Crippen molar-refractivity contribution >= 4 is 23.8 Å². The predicted octanol–water partition coefficient (Wildman–Crippen LogP) is 4.29. The minimum absolute atomic E-state index is 0.255. The molecule has 5 heteroatoms. The summed E-state index contributed by atoms with van der Waals surface area (Å²) in [7, 11) is 1.57. The highest BCUT2D eigenvalue weighted by Gasteiger charge is 2.01. The number of carbonyl (C=O) groups excluding carboxylic acids is 1. The lowest BCUT2D eigenvalue weighted by atomic mass is 10.2. The van der Waals surface area contributed by atoms with Gasteiger partial charge in [-0.3, -0.25) is 0 Å². The number of hydrogen-bond donors (Lipinski definition) is 1. The Hall–Kier alpha value is -2.46. The van der Waals surface area contributed by atoms with Gasteiger partial charge in [-0.15, -0.1) is 0 Å². The molecule has 0 heterocycles. The molecule has 4 nitrogen and oxygen atoms in total. The SMILES string of the molecule is COc1cc(C=CCNC(=O)OCc2ccccc2)ccc1Cl. The monoisotopic (exact) mass is 331 g/mol. The number of nitrogens with one attached hydrogen (secondary N) is 1. The van der Waals surface area contributed by atoms with Gasteiger partial charge in [0.1, 0.15) is 12.4 Å². The van der Waals surface area contributed by atoms with Crippen molar-refractivity contribution in [1.82, 2.24) is 5.32 Å². The highest BCUT2D eigenvalue weighted by atomic mass is 35.5. The zero-order chi connectivity index (χ0) is 16.5. The third-order valence-electron chi connectivity index (χ3n) is 3.06. The first-order valence-corrected chi connectivity index (χ1v) is 7.51. The van der Waals surface area contributed by atoms with Gasteiger partial charge in [0.05, 0.1) is 12.1 Å². The zero-order valence-electron chi connectivity index (χ0n) is 12.8. The van der Waals surface area contributed by atoms with Crippen LogP contribution in [-0.2, 0) is 11.3 Å². The molecule has 1 N–H and O–H groups in total. The molecule has 0 aliphatic heterocycles. The van der Waals surface area contributed by atoms with E-state index < -0.39 is 6.09 Å². The Labute approximate surface area is 140 Å². The molecular formula is C18H18ClNO3. The van der Waals surface area contributed by atoms with Crippen LogP contribution in [0.5, 0.6) is 5.75 Å². The second kappa shape index (κ2) is 8.86. The molecule has 23 heavy (non-hydrogen) atoms. The van der Waals surface area contributed by atoms with Gasteiger partial charge in [0, 0.05) is 6.54 Å². The van der Waals surface area contributed by atoms with Gasteiger partial charge >= 0.3 is 6.09 Å². The van der Waals surface area contributed by atoms with Crippen molar-refractivity contribution < 1.29 is 14.3 Å². The van der Waals surface area contributed by atoms with E-state index in [2.05, 4.69) is 5.32 Å². The number of rotatable bonds is 6. The van der Waals surface area contributed by atoms with Crippen molar-refractivity contribution in [1.29, 1.82) is 0 Å². The highest BCUT2D eigenvalue weighted by molar-refractivity contribution is 6.32. The number of hydrogen-bond acceptors (Lipinski definition) is 3. The fraction of sp³-hybridized carbons (Fsp3) is 0.167. The first kappa shape index (κ1) is 16.9. The molecule has 2 aromatic carbocycles. The minimum Gasteiger partial charge on any atom is -0.495 e. The molecule has 0 atom stereocenters. The standard InChI is InChI=1S/C18H18ClNO3/c1-22-17-12-14(9-10-16(17)19)8-5-11-20-18(21)23-13-15-6-3-2-4-7-15/h2-10,12H,11,13H2,1H3,(H,20,21). The molecule has 0 bridgehead atoms. The molecule has 2 aromatic rings. The average Bonchev–Trinajstić information content (AvgIpc) is 2.59. The summed E-state index contributed by atoms with van der Waals surface area (Å²) in [6.07, 6.45) is 3.25. The van der Waals surface area contributed by atoms with Crippen LogP contribution in [0.25, 0.3) is 6.08 Å². The van der Waals surface area contributed by atoms with Crippen LogP contribution >= 0.6 is 11.6 Å². The lowest BCUT2D eigenvalue weighted by Gasteiger charge is -2.05. The summed E-state index contributed by atoms with van der Waals surface area (Å²) in [5.74, 6) is 0.615. The van der Waals surface area contributed by atoms with Gasteiger partial charge in [-0.05, 0) is 23.3 Å². The molecule has 2 rings (SSSR count). The van der Waals surface area contributed by atoms with Gasteiger partial charge < -0.3 is 14.8 Å². The van der Waals surface area contributed by atoms with Gasteiger partial charge in [0.2, 0.25) is 0 Å². The largest absolute Gasteiger partial charge is 0.495 e. The van der Waals surface area contributed by atoms with E-state index in [-0.39, 0.29) is 6.61 Å². The van der Waals surface area contributed by atoms with E-state index in [0.717, 1.165) is 11.1 Å². The van der Waals surface area contributed by atoms with Crippen LogP contribution in [0.15, 0.2) is 54.6 Å². The molecule has 0 aliphatic carbocycles. The first-order chi connectivity index (χ1) is 11.2. The maximum atomic E-state index is 11.6. The summed E-state index contributed by atoms with van der Waals surface area (Å²) >= 11 is 5.96. The summed E-state index contributed by atoms with van der Waals surface area (Å²) in [6.45, 7) is 0.628. The fourth-order valence-corrected chi connectivity index (χ4v) is 2.09. The van der Waals surface area contributed by atoms with E-state index in [9.17, 15) is 4.79 Å². The van der Waals surface area contributed by atoms with Crippen LogP contribution in [0.1, 0.15) is 11.1 Å². The van der Waals surface area contributed by atoms with Crippen LogP contribution in [-0.4, -0.2) is 19.7 Å². The smallest absolute Gasteiger partial charge is 0.407 e. The Morgan fingerprint density at radius 2 is 2.00 bits per heavy atom. The molecule has 0 radical (unpaired) electrons. The number of alkyl carbamates (subject to hydrolysis) is 1. The van der Waals surface area contributed by atoms with Crippen molar-refractivity contribution in [2.24, 2.45) is 0 Å². The van der Waals surface area contributed by atoms with Crippen molar-refractivity contribution in [3.05, 3.63) is 70.8 Å². The summed E-state index contributed by atoms with van der Waals surface area (Å²) < 4.78 is 10.3. The van der Waals surface area contributed by atoms with Gasteiger partial charge in [-0.1, -0.05) is 60.2 Å². The topological polar surface area (TPSA) is 47.6 Å². The Morgan fingerprint density at radius 1 is 1.22 bits per heavy atom. The zero-order valence-corrected chi connectivity index (χ0v) is 13.5. The van der Waals surface area contributed by atoms with E-state index in [1.165, 1.54) is 0 Å².